The van der Waals surface area contributed by atoms with Crippen LogP contribution in [0.3, 0.4) is 0 Å². The van der Waals surface area contributed by atoms with Crippen molar-refractivity contribution in [3.63, 3.8) is 0 Å². The Kier molecular flexibility index (Phi) is 4.30. The Morgan fingerprint density at radius 3 is 3.00 bits per heavy atom. The van der Waals surface area contributed by atoms with E-state index in [4.69, 9.17) is 0 Å². The molecule has 2 heteroatoms. The maximum atomic E-state index is 3.70. The van der Waals surface area contributed by atoms with Crippen LogP contribution in [0.25, 0.3) is 0 Å². The molecule has 2 atom stereocenters. The van der Waals surface area contributed by atoms with Crippen LogP contribution in [0.4, 0.5) is 5.69 Å². The normalized spacial score (nSPS) is 24.3. The molecule has 0 aromatic heterocycles. The highest BCUT2D eigenvalue weighted by molar-refractivity contribution is 5.57. The molecule has 0 spiro atoms. The molecule has 2 unspecified atom stereocenters. The summed E-state index contributed by atoms with van der Waals surface area (Å²) in [6, 6.07) is 8.37. The summed E-state index contributed by atoms with van der Waals surface area (Å²) in [5, 5.41) is 3.70. The van der Waals surface area contributed by atoms with Gasteiger partial charge in [-0.15, -0.1) is 0 Å². The Morgan fingerprint density at radius 1 is 1.30 bits per heavy atom. The fourth-order valence-corrected chi connectivity index (χ4v) is 3.88. The van der Waals surface area contributed by atoms with Crippen molar-refractivity contribution < 1.29 is 0 Å². The van der Waals surface area contributed by atoms with Gasteiger partial charge in [0.15, 0.2) is 0 Å². The van der Waals surface area contributed by atoms with Crippen LogP contribution in [0.15, 0.2) is 18.2 Å². The molecule has 1 aromatic carbocycles. The van der Waals surface area contributed by atoms with Gasteiger partial charge in [0.2, 0.25) is 0 Å². The lowest BCUT2D eigenvalue weighted by Gasteiger charge is -2.38. The molecule has 2 heterocycles. The highest BCUT2D eigenvalue weighted by Crippen LogP contribution is 2.31. The summed E-state index contributed by atoms with van der Waals surface area (Å²) >= 11 is 0. The van der Waals surface area contributed by atoms with Crippen molar-refractivity contribution in [2.24, 2.45) is 0 Å². The number of benzene rings is 1. The van der Waals surface area contributed by atoms with E-state index in [0.717, 1.165) is 6.04 Å². The fourth-order valence-electron chi connectivity index (χ4n) is 3.88. The van der Waals surface area contributed by atoms with E-state index in [0.29, 0.717) is 6.04 Å². The third kappa shape index (κ3) is 3.01. The topological polar surface area (TPSA) is 15.3 Å². The van der Waals surface area contributed by atoms with Crippen LogP contribution in [0.2, 0.25) is 0 Å². The maximum Gasteiger partial charge on any atom is 0.0401 e. The Bertz CT molecular complexity index is 449. The van der Waals surface area contributed by atoms with Crippen molar-refractivity contribution >= 4 is 5.69 Å². The lowest BCUT2D eigenvalue weighted by molar-refractivity contribution is 0.357. The molecule has 0 saturated carbocycles. The quantitative estimate of drug-likeness (QED) is 0.903. The van der Waals surface area contributed by atoms with Crippen LogP contribution in [0.5, 0.6) is 0 Å². The molecule has 1 N–H and O–H groups in total. The van der Waals surface area contributed by atoms with Gasteiger partial charge in [0.25, 0.3) is 0 Å². The molecule has 1 fully saturated rings. The number of nitrogens with zero attached hydrogens (tertiary/aromatic N) is 1. The molecular formula is C18H28N2. The lowest BCUT2D eigenvalue weighted by atomic mass is 9.94. The number of piperidine rings is 1. The number of nitrogens with one attached hydrogen (secondary N) is 1. The van der Waals surface area contributed by atoms with Crippen molar-refractivity contribution in [3.8, 4) is 0 Å². The van der Waals surface area contributed by atoms with E-state index in [2.05, 4.69) is 42.3 Å². The first kappa shape index (κ1) is 13.9. The molecule has 2 nitrogen and oxygen atoms in total. The number of hydrogen-bond acceptors (Lipinski definition) is 2. The first-order chi connectivity index (χ1) is 9.74. The highest BCUT2D eigenvalue weighted by Gasteiger charge is 2.24. The largest absolute Gasteiger partial charge is 0.369 e. The molecule has 3 rings (SSSR count). The molecule has 0 amide bonds. The second-order valence-corrected chi connectivity index (χ2v) is 6.66. The summed E-state index contributed by atoms with van der Waals surface area (Å²) in [4.78, 5) is 2.65. The molecule has 2 aliphatic rings. The molecule has 1 saturated heterocycles. The minimum Gasteiger partial charge on any atom is -0.369 e. The summed E-state index contributed by atoms with van der Waals surface area (Å²) in [5.74, 6) is 0. The highest BCUT2D eigenvalue weighted by atomic mass is 15.2. The van der Waals surface area contributed by atoms with Gasteiger partial charge in [-0.2, -0.15) is 0 Å². The number of fused-ring (bicyclic) bond motifs is 1. The SMILES string of the molecule is Cc1ccc2c(c1)CCCN2C(C)CC1CCCCN1. The van der Waals surface area contributed by atoms with Crippen molar-refractivity contribution in [3.05, 3.63) is 29.3 Å². The molecule has 110 valence electrons. The summed E-state index contributed by atoms with van der Waals surface area (Å²) < 4.78 is 0. The third-order valence-corrected chi connectivity index (χ3v) is 4.96. The molecule has 20 heavy (non-hydrogen) atoms. The number of rotatable bonds is 3. The summed E-state index contributed by atoms with van der Waals surface area (Å²) in [6.45, 7) is 7.05. The van der Waals surface area contributed by atoms with Crippen molar-refractivity contribution in [2.45, 2.75) is 64.5 Å². The van der Waals surface area contributed by atoms with Gasteiger partial charge in [0.05, 0.1) is 0 Å². The first-order valence-corrected chi connectivity index (χ1v) is 8.33. The second kappa shape index (κ2) is 6.17. The van der Waals surface area contributed by atoms with E-state index in [9.17, 15) is 0 Å². The van der Waals surface area contributed by atoms with Crippen molar-refractivity contribution in [2.75, 3.05) is 18.0 Å². The van der Waals surface area contributed by atoms with E-state index in [-0.39, 0.29) is 0 Å². The Hall–Kier alpha value is -1.02. The smallest absolute Gasteiger partial charge is 0.0401 e. The van der Waals surface area contributed by atoms with Crippen molar-refractivity contribution in [1.82, 2.24) is 5.32 Å². The number of hydrogen-bond donors (Lipinski definition) is 1. The van der Waals surface area contributed by atoms with E-state index in [1.807, 2.05) is 0 Å². The van der Waals surface area contributed by atoms with E-state index >= 15 is 0 Å². The summed E-state index contributed by atoms with van der Waals surface area (Å²) in [7, 11) is 0. The minimum atomic E-state index is 0.646. The van der Waals surface area contributed by atoms with E-state index < -0.39 is 0 Å². The Morgan fingerprint density at radius 2 is 2.20 bits per heavy atom. The van der Waals surface area contributed by atoms with E-state index in [1.54, 1.807) is 5.56 Å². The summed E-state index contributed by atoms with van der Waals surface area (Å²) in [5.41, 5.74) is 4.44. The molecule has 0 radical (unpaired) electrons. The van der Waals surface area contributed by atoms with Crippen LogP contribution in [0, 0.1) is 6.92 Å². The Labute approximate surface area is 123 Å². The zero-order valence-corrected chi connectivity index (χ0v) is 13.0. The maximum absolute atomic E-state index is 3.70. The molecule has 2 aliphatic heterocycles. The van der Waals surface area contributed by atoms with Crippen LogP contribution in [-0.4, -0.2) is 25.2 Å². The van der Waals surface area contributed by atoms with Gasteiger partial charge in [-0.25, -0.2) is 0 Å². The van der Waals surface area contributed by atoms with Gasteiger partial charge in [-0.1, -0.05) is 24.1 Å². The molecule has 0 bridgehead atoms. The van der Waals surface area contributed by atoms with Gasteiger partial charge in [0.1, 0.15) is 0 Å². The van der Waals surface area contributed by atoms with Gasteiger partial charge in [-0.3, -0.25) is 0 Å². The predicted octanol–water partition coefficient (Wildman–Crippen LogP) is 3.67. The number of anilines is 1. The number of aryl methyl sites for hydroxylation is 2. The predicted molar refractivity (Wildman–Crippen MR) is 86.6 cm³/mol. The third-order valence-electron chi connectivity index (χ3n) is 4.96. The second-order valence-electron chi connectivity index (χ2n) is 6.66. The average molecular weight is 272 g/mol. The van der Waals surface area contributed by atoms with Gasteiger partial charge >= 0.3 is 0 Å². The lowest BCUT2D eigenvalue weighted by Crippen LogP contribution is -2.43. The van der Waals surface area contributed by atoms with Crippen molar-refractivity contribution in [1.29, 1.82) is 0 Å². The molecular weight excluding hydrogens is 244 g/mol. The zero-order chi connectivity index (χ0) is 13.9. The minimum absolute atomic E-state index is 0.646. The van der Waals surface area contributed by atoms with Gasteiger partial charge < -0.3 is 10.2 Å². The average Bonchev–Trinajstić information content (AvgIpc) is 2.47. The molecule has 1 aromatic rings. The van der Waals surface area contributed by atoms with Crippen LogP contribution < -0.4 is 10.2 Å². The summed E-state index contributed by atoms with van der Waals surface area (Å²) in [6.07, 6.45) is 7.96. The zero-order valence-electron chi connectivity index (χ0n) is 13.0. The van der Waals surface area contributed by atoms with Crippen LogP contribution >= 0.6 is 0 Å². The molecule has 0 aliphatic carbocycles. The standard InChI is InChI=1S/C18H28N2/c1-14-8-9-18-16(12-14)6-5-11-20(18)15(2)13-17-7-3-4-10-19-17/h8-9,12,15,17,19H,3-7,10-11,13H2,1-2H3. The first-order valence-electron chi connectivity index (χ1n) is 8.33. The van der Waals surface area contributed by atoms with Crippen LogP contribution in [-0.2, 0) is 6.42 Å². The fraction of sp³-hybridized carbons (Fsp3) is 0.667. The monoisotopic (exact) mass is 272 g/mol. The van der Waals surface area contributed by atoms with Gasteiger partial charge in [0, 0.05) is 24.3 Å². The van der Waals surface area contributed by atoms with E-state index in [1.165, 1.54) is 62.9 Å². The van der Waals surface area contributed by atoms with Crippen LogP contribution in [0.1, 0.15) is 50.2 Å². The van der Waals surface area contributed by atoms with Gasteiger partial charge in [-0.05, 0) is 64.1 Å². The Balaban J connectivity index is 1.71.